The van der Waals surface area contributed by atoms with Gasteiger partial charge in [0.15, 0.2) is 29.2 Å². The molecular formula is C27H40N8O3S. The molecule has 1 fully saturated rings. The van der Waals surface area contributed by atoms with Gasteiger partial charge < -0.3 is 31.3 Å². The number of nitrogens with zero attached hydrogens (tertiary/aromatic N) is 5. The molecule has 0 bridgehead atoms. The van der Waals surface area contributed by atoms with Crippen LogP contribution in [0.15, 0.2) is 48.0 Å². The quantitative estimate of drug-likeness (QED) is 0.107. The molecule has 0 aliphatic carbocycles. The van der Waals surface area contributed by atoms with Crippen molar-refractivity contribution in [2.24, 2.45) is 10.7 Å². The lowest BCUT2D eigenvalue weighted by atomic mass is 10.1. The number of imidazole rings is 1. The second kappa shape index (κ2) is 15.0. The average molecular weight is 557 g/mol. The molecule has 1 aromatic carbocycles. The molecule has 2 aromatic heterocycles. The van der Waals surface area contributed by atoms with Gasteiger partial charge in [-0.25, -0.2) is 15.0 Å². The monoisotopic (exact) mass is 556 g/mol. The van der Waals surface area contributed by atoms with Crippen LogP contribution in [0.4, 0.5) is 5.82 Å². The zero-order valence-corrected chi connectivity index (χ0v) is 23.3. The molecule has 12 heteroatoms. The standard InChI is InChI=1S/C27H40N8O3S/c1-2-3-12-30-27(28)31-14-8-15-39-16-20-22(36)23(37)26(38-20)35-18-34-21-24(32-17-33-25(21)35)29-13-7-11-19-9-5-4-6-10-19/h4-6,9-10,17-18,20,22-23,26,36-37H,2-3,7-8,11-16H2,1H3,(H3,28,30,31)(H,29,32,33)/t20-,22-,23-,26-/m1/s1. The van der Waals surface area contributed by atoms with E-state index in [1.54, 1.807) is 22.7 Å². The predicted octanol–water partition coefficient (Wildman–Crippen LogP) is 2.32. The van der Waals surface area contributed by atoms with Gasteiger partial charge in [0, 0.05) is 25.4 Å². The number of fused-ring (bicyclic) bond motifs is 1. The zero-order valence-electron chi connectivity index (χ0n) is 22.4. The number of nitrogens with two attached hydrogens (primary N) is 1. The molecule has 11 nitrogen and oxygen atoms in total. The van der Waals surface area contributed by atoms with Crippen LogP contribution < -0.4 is 16.4 Å². The number of anilines is 1. The molecule has 39 heavy (non-hydrogen) atoms. The molecule has 0 unspecified atom stereocenters. The first-order valence-electron chi connectivity index (χ1n) is 13.7. The number of benzene rings is 1. The minimum Gasteiger partial charge on any atom is -0.387 e. The van der Waals surface area contributed by atoms with Crippen molar-refractivity contribution in [1.29, 1.82) is 0 Å². The van der Waals surface area contributed by atoms with Crippen LogP contribution in [-0.4, -0.2) is 85.1 Å². The van der Waals surface area contributed by atoms with E-state index in [2.05, 4.69) is 49.6 Å². The summed E-state index contributed by atoms with van der Waals surface area (Å²) in [5.74, 6) is 2.52. The van der Waals surface area contributed by atoms with Crippen molar-refractivity contribution in [3.8, 4) is 0 Å². The molecule has 3 heterocycles. The normalized spacial score (nSPS) is 21.5. The molecular weight excluding hydrogens is 516 g/mol. The zero-order chi connectivity index (χ0) is 27.5. The van der Waals surface area contributed by atoms with E-state index < -0.39 is 24.5 Å². The van der Waals surface area contributed by atoms with Crippen LogP contribution in [0.25, 0.3) is 11.2 Å². The Morgan fingerprint density at radius 1 is 1.10 bits per heavy atom. The minimum atomic E-state index is -1.09. The first-order valence-corrected chi connectivity index (χ1v) is 14.8. The van der Waals surface area contributed by atoms with Crippen LogP contribution in [0.3, 0.4) is 0 Å². The fraction of sp³-hybridized carbons (Fsp3) is 0.556. The second-order valence-electron chi connectivity index (χ2n) is 9.58. The number of thioether (sulfide) groups is 1. The SMILES string of the molecule is CCCCNC(N)=NCCCSC[C@H]1O[C@@H](n2cnc3c(NCCCc4ccccc4)ncnc32)[C@H](O)[C@@H]1O. The van der Waals surface area contributed by atoms with E-state index in [9.17, 15) is 10.2 Å². The van der Waals surface area contributed by atoms with Crippen molar-refractivity contribution >= 4 is 34.7 Å². The van der Waals surface area contributed by atoms with Gasteiger partial charge in [0.2, 0.25) is 0 Å². The van der Waals surface area contributed by atoms with Crippen LogP contribution in [0.5, 0.6) is 0 Å². The second-order valence-corrected chi connectivity index (χ2v) is 10.7. The lowest BCUT2D eigenvalue weighted by molar-refractivity contribution is -0.0289. The van der Waals surface area contributed by atoms with Gasteiger partial charge >= 0.3 is 0 Å². The number of aryl methyl sites for hydroxylation is 1. The van der Waals surface area contributed by atoms with Gasteiger partial charge in [-0.1, -0.05) is 43.7 Å². The van der Waals surface area contributed by atoms with E-state index in [0.717, 1.165) is 50.9 Å². The van der Waals surface area contributed by atoms with Gasteiger partial charge in [0.1, 0.15) is 18.5 Å². The third kappa shape index (κ3) is 8.04. The summed E-state index contributed by atoms with van der Waals surface area (Å²) < 4.78 is 7.76. The molecule has 0 radical (unpaired) electrons. The maximum Gasteiger partial charge on any atom is 0.188 e. The number of ether oxygens (including phenoxy) is 1. The molecule has 1 aliphatic heterocycles. The minimum absolute atomic E-state index is 0.482. The Kier molecular flexibility index (Phi) is 11.2. The van der Waals surface area contributed by atoms with E-state index in [-0.39, 0.29) is 0 Å². The van der Waals surface area contributed by atoms with Crippen molar-refractivity contribution in [2.45, 2.75) is 63.6 Å². The van der Waals surface area contributed by atoms with Crippen molar-refractivity contribution in [1.82, 2.24) is 24.8 Å². The highest BCUT2D eigenvalue weighted by atomic mass is 32.2. The summed E-state index contributed by atoms with van der Waals surface area (Å²) >= 11 is 1.66. The van der Waals surface area contributed by atoms with Gasteiger partial charge in [0.25, 0.3) is 0 Å². The van der Waals surface area contributed by atoms with Crippen LogP contribution in [0.1, 0.15) is 44.4 Å². The maximum absolute atomic E-state index is 10.8. The molecule has 1 aliphatic rings. The molecule has 0 amide bonds. The van der Waals surface area contributed by atoms with Gasteiger partial charge in [-0.3, -0.25) is 9.56 Å². The number of rotatable bonds is 15. The molecule has 3 aromatic rings. The fourth-order valence-corrected chi connectivity index (χ4v) is 5.43. The highest BCUT2D eigenvalue weighted by molar-refractivity contribution is 7.99. The Morgan fingerprint density at radius 3 is 2.77 bits per heavy atom. The van der Waals surface area contributed by atoms with Crippen LogP contribution >= 0.6 is 11.8 Å². The molecule has 1 saturated heterocycles. The maximum atomic E-state index is 10.8. The lowest BCUT2D eigenvalue weighted by Gasteiger charge is -2.16. The first-order chi connectivity index (χ1) is 19.1. The number of nitrogens with one attached hydrogen (secondary N) is 2. The molecule has 4 atom stereocenters. The number of aliphatic imine (C=N–C) groups is 1. The number of unbranched alkanes of at least 4 members (excludes halogenated alkanes) is 1. The van der Waals surface area contributed by atoms with Crippen molar-refractivity contribution < 1.29 is 14.9 Å². The predicted molar refractivity (Wildman–Crippen MR) is 156 cm³/mol. The summed E-state index contributed by atoms with van der Waals surface area (Å²) in [6, 6.07) is 10.4. The van der Waals surface area contributed by atoms with Crippen LogP contribution in [0.2, 0.25) is 0 Å². The van der Waals surface area contributed by atoms with Gasteiger partial charge in [-0.05, 0) is 37.0 Å². The Morgan fingerprint density at radius 2 is 1.95 bits per heavy atom. The molecule has 0 spiro atoms. The third-order valence-electron chi connectivity index (χ3n) is 6.60. The lowest BCUT2D eigenvalue weighted by Crippen LogP contribution is -2.32. The summed E-state index contributed by atoms with van der Waals surface area (Å²) in [5, 5.41) is 27.9. The topological polar surface area (TPSA) is 156 Å². The fourth-order valence-electron chi connectivity index (χ4n) is 4.42. The van der Waals surface area contributed by atoms with Crippen molar-refractivity contribution in [3.05, 3.63) is 48.5 Å². The summed E-state index contributed by atoms with van der Waals surface area (Å²) in [5.41, 5.74) is 8.30. The van der Waals surface area contributed by atoms with E-state index in [1.807, 2.05) is 18.2 Å². The van der Waals surface area contributed by atoms with E-state index >= 15 is 0 Å². The number of aliphatic hydroxyl groups excluding tert-OH is 2. The third-order valence-corrected chi connectivity index (χ3v) is 7.74. The van der Waals surface area contributed by atoms with Crippen LogP contribution in [0, 0.1) is 0 Å². The summed E-state index contributed by atoms with van der Waals surface area (Å²) in [6.45, 7) is 4.35. The van der Waals surface area contributed by atoms with Crippen LogP contribution in [-0.2, 0) is 11.2 Å². The first kappa shape index (κ1) is 29.1. The summed E-state index contributed by atoms with van der Waals surface area (Å²) in [6.07, 6.45) is 4.62. The van der Waals surface area contributed by atoms with Crippen molar-refractivity contribution in [3.63, 3.8) is 0 Å². The molecule has 212 valence electrons. The average Bonchev–Trinajstić information content (AvgIpc) is 3.50. The molecule has 4 rings (SSSR count). The Balaban J connectivity index is 1.26. The molecule has 6 N–H and O–H groups in total. The van der Waals surface area contributed by atoms with Gasteiger partial charge in [-0.2, -0.15) is 11.8 Å². The highest BCUT2D eigenvalue weighted by Gasteiger charge is 2.44. The van der Waals surface area contributed by atoms with Gasteiger partial charge in [0.05, 0.1) is 12.4 Å². The highest BCUT2D eigenvalue weighted by Crippen LogP contribution is 2.33. The smallest absolute Gasteiger partial charge is 0.188 e. The number of hydrogen-bond donors (Lipinski definition) is 5. The molecule has 0 saturated carbocycles. The van der Waals surface area contributed by atoms with Crippen molar-refractivity contribution in [2.75, 3.05) is 36.5 Å². The van der Waals surface area contributed by atoms with Gasteiger partial charge in [-0.15, -0.1) is 0 Å². The number of aliphatic hydroxyl groups is 2. The summed E-state index contributed by atoms with van der Waals surface area (Å²) in [4.78, 5) is 17.6. The van der Waals surface area contributed by atoms with E-state index in [1.165, 1.54) is 11.9 Å². The Labute approximate surface area is 233 Å². The number of guanidine groups is 1. The summed E-state index contributed by atoms with van der Waals surface area (Å²) in [7, 11) is 0. The Hall–Kier alpha value is -2.93. The van der Waals surface area contributed by atoms with E-state index in [0.29, 0.717) is 35.2 Å². The largest absolute Gasteiger partial charge is 0.387 e. The number of hydrogen-bond acceptors (Lipinski definition) is 9. The Bertz CT molecular complexity index is 1180. The number of aromatic nitrogens is 4. The van der Waals surface area contributed by atoms with E-state index in [4.69, 9.17) is 10.5 Å².